The summed E-state index contributed by atoms with van der Waals surface area (Å²) < 4.78 is 40.1. The average molecular weight is 393 g/mol. The normalized spacial score (nSPS) is 16.1. The SMILES string of the molecule is Cc1nc(C)c(C(C)C)c(N2CCN(S(=O)(=O)c3ccc(F)cc3)CC2)n1. The van der Waals surface area contributed by atoms with E-state index in [4.69, 9.17) is 0 Å². The third kappa shape index (κ3) is 3.96. The summed E-state index contributed by atoms with van der Waals surface area (Å²) in [6.45, 7) is 9.91. The first-order valence-corrected chi connectivity index (χ1v) is 10.5. The minimum absolute atomic E-state index is 0.119. The molecule has 0 saturated carbocycles. The molecule has 0 N–H and O–H groups in total. The van der Waals surface area contributed by atoms with Crippen LogP contribution in [0.25, 0.3) is 0 Å². The minimum atomic E-state index is -3.62. The molecule has 1 aliphatic rings. The Kier molecular flexibility index (Phi) is 5.48. The second-order valence-electron chi connectivity index (χ2n) is 7.09. The Morgan fingerprint density at radius 1 is 1.00 bits per heavy atom. The highest BCUT2D eigenvalue weighted by Crippen LogP contribution is 2.29. The molecule has 1 aliphatic heterocycles. The number of hydrogen-bond donors (Lipinski definition) is 0. The molecule has 1 fully saturated rings. The van der Waals surface area contributed by atoms with Gasteiger partial charge in [-0.3, -0.25) is 0 Å². The molecule has 2 heterocycles. The minimum Gasteiger partial charge on any atom is -0.354 e. The molecule has 0 amide bonds. The van der Waals surface area contributed by atoms with Gasteiger partial charge in [0.2, 0.25) is 10.0 Å². The van der Waals surface area contributed by atoms with Crippen molar-refractivity contribution in [1.82, 2.24) is 14.3 Å². The maximum absolute atomic E-state index is 13.1. The van der Waals surface area contributed by atoms with E-state index in [2.05, 4.69) is 28.7 Å². The quantitative estimate of drug-likeness (QED) is 0.800. The molecule has 0 radical (unpaired) electrons. The monoisotopic (exact) mass is 392 g/mol. The number of aromatic nitrogens is 2. The van der Waals surface area contributed by atoms with Gasteiger partial charge in [-0.15, -0.1) is 0 Å². The predicted molar refractivity (Wildman–Crippen MR) is 103 cm³/mol. The zero-order valence-corrected chi connectivity index (χ0v) is 16.9. The molecule has 1 aromatic carbocycles. The van der Waals surface area contributed by atoms with Crippen molar-refractivity contribution in [3.8, 4) is 0 Å². The summed E-state index contributed by atoms with van der Waals surface area (Å²) in [6, 6.07) is 4.96. The van der Waals surface area contributed by atoms with Gasteiger partial charge in [0.25, 0.3) is 0 Å². The molecule has 27 heavy (non-hydrogen) atoms. The van der Waals surface area contributed by atoms with Crippen LogP contribution in [0.4, 0.5) is 10.2 Å². The second kappa shape index (κ2) is 7.52. The van der Waals surface area contributed by atoms with E-state index in [0.29, 0.717) is 32.0 Å². The molecule has 0 bridgehead atoms. The summed E-state index contributed by atoms with van der Waals surface area (Å²) in [5.74, 6) is 1.44. The fourth-order valence-corrected chi connectivity index (χ4v) is 4.94. The number of piperazine rings is 1. The lowest BCUT2D eigenvalue weighted by molar-refractivity contribution is 0.383. The third-order valence-electron chi connectivity index (χ3n) is 4.79. The van der Waals surface area contributed by atoms with Gasteiger partial charge >= 0.3 is 0 Å². The first-order chi connectivity index (χ1) is 12.7. The van der Waals surface area contributed by atoms with E-state index in [9.17, 15) is 12.8 Å². The highest BCUT2D eigenvalue weighted by atomic mass is 32.2. The molecule has 0 atom stereocenters. The van der Waals surface area contributed by atoms with Crippen molar-refractivity contribution in [2.24, 2.45) is 0 Å². The van der Waals surface area contributed by atoms with Gasteiger partial charge in [0.1, 0.15) is 17.5 Å². The van der Waals surface area contributed by atoms with Crippen LogP contribution < -0.4 is 4.90 Å². The fourth-order valence-electron chi connectivity index (χ4n) is 3.52. The van der Waals surface area contributed by atoms with Crippen molar-refractivity contribution in [2.75, 3.05) is 31.1 Å². The van der Waals surface area contributed by atoms with E-state index in [1.54, 1.807) is 0 Å². The lowest BCUT2D eigenvalue weighted by Gasteiger charge is -2.36. The van der Waals surface area contributed by atoms with Gasteiger partial charge < -0.3 is 4.90 Å². The molecular weight excluding hydrogens is 367 g/mol. The number of nitrogens with zero attached hydrogens (tertiary/aromatic N) is 4. The van der Waals surface area contributed by atoms with Gasteiger partial charge in [0.15, 0.2) is 0 Å². The van der Waals surface area contributed by atoms with Crippen LogP contribution in [-0.4, -0.2) is 48.9 Å². The number of sulfonamides is 1. The summed E-state index contributed by atoms with van der Waals surface area (Å²) in [7, 11) is -3.62. The summed E-state index contributed by atoms with van der Waals surface area (Å²) >= 11 is 0. The molecule has 146 valence electrons. The smallest absolute Gasteiger partial charge is 0.243 e. The van der Waals surface area contributed by atoms with Gasteiger partial charge in [0, 0.05) is 37.4 Å². The van der Waals surface area contributed by atoms with Crippen LogP contribution in [-0.2, 0) is 10.0 Å². The Balaban J connectivity index is 1.81. The van der Waals surface area contributed by atoms with E-state index in [-0.39, 0.29) is 10.8 Å². The molecule has 1 saturated heterocycles. The average Bonchev–Trinajstić information content (AvgIpc) is 2.61. The van der Waals surface area contributed by atoms with Crippen molar-refractivity contribution in [1.29, 1.82) is 0 Å². The Bertz CT molecular complexity index is 921. The van der Waals surface area contributed by atoms with Crippen LogP contribution in [0, 0.1) is 19.7 Å². The Morgan fingerprint density at radius 3 is 2.15 bits per heavy atom. The van der Waals surface area contributed by atoms with Crippen molar-refractivity contribution in [3.05, 3.63) is 47.2 Å². The second-order valence-corrected chi connectivity index (χ2v) is 9.03. The van der Waals surface area contributed by atoms with Crippen LogP contribution in [0.3, 0.4) is 0 Å². The number of hydrogen-bond acceptors (Lipinski definition) is 5. The Morgan fingerprint density at radius 2 is 1.59 bits per heavy atom. The maximum atomic E-state index is 13.1. The van der Waals surface area contributed by atoms with Gasteiger partial charge in [-0.05, 0) is 44.0 Å². The van der Waals surface area contributed by atoms with Crippen molar-refractivity contribution in [2.45, 2.75) is 38.5 Å². The molecule has 2 aromatic rings. The zero-order chi connectivity index (χ0) is 19.8. The van der Waals surface area contributed by atoms with Gasteiger partial charge in [-0.25, -0.2) is 22.8 Å². The molecule has 0 unspecified atom stereocenters. The summed E-state index contributed by atoms with van der Waals surface area (Å²) in [5.41, 5.74) is 2.07. The van der Waals surface area contributed by atoms with Crippen molar-refractivity contribution >= 4 is 15.8 Å². The van der Waals surface area contributed by atoms with Crippen LogP contribution in [0.2, 0.25) is 0 Å². The largest absolute Gasteiger partial charge is 0.354 e. The predicted octanol–water partition coefficient (Wildman–Crippen LogP) is 2.87. The summed E-state index contributed by atoms with van der Waals surface area (Å²) in [5, 5.41) is 0. The van der Waals surface area contributed by atoms with Gasteiger partial charge in [-0.2, -0.15) is 4.31 Å². The molecule has 3 rings (SSSR count). The van der Waals surface area contributed by atoms with E-state index in [1.807, 2.05) is 13.8 Å². The van der Waals surface area contributed by atoms with Crippen LogP contribution in [0.15, 0.2) is 29.2 Å². The molecule has 0 spiro atoms. The maximum Gasteiger partial charge on any atom is 0.243 e. The molecule has 1 aromatic heterocycles. The number of aryl methyl sites for hydroxylation is 2. The highest BCUT2D eigenvalue weighted by Gasteiger charge is 2.30. The Hall–Kier alpha value is -2.06. The molecule has 6 nitrogen and oxygen atoms in total. The van der Waals surface area contributed by atoms with Crippen molar-refractivity contribution < 1.29 is 12.8 Å². The number of halogens is 1. The zero-order valence-electron chi connectivity index (χ0n) is 16.1. The number of rotatable bonds is 4. The topological polar surface area (TPSA) is 66.4 Å². The van der Waals surface area contributed by atoms with Gasteiger partial charge in [-0.1, -0.05) is 13.8 Å². The van der Waals surface area contributed by atoms with Crippen LogP contribution in [0.5, 0.6) is 0 Å². The number of benzene rings is 1. The van der Waals surface area contributed by atoms with Gasteiger partial charge in [0.05, 0.1) is 4.90 Å². The fraction of sp³-hybridized carbons (Fsp3) is 0.474. The lowest BCUT2D eigenvalue weighted by Crippen LogP contribution is -2.49. The van der Waals surface area contributed by atoms with E-state index < -0.39 is 15.8 Å². The lowest BCUT2D eigenvalue weighted by atomic mass is 10.0. The van der Waals surface area contributed by atoms with E-state index in [1.165, 1.54) is 28.6 Å². The standard InChI is InChI=1S/C19H25FN4O2S/c1-13(2)18-14(3)21-15(4)22-19(18)23-9-11-24(12-10-23)27(25,26)17-7-5-16(20)6-8-17/h5-8,13H,9-12H2,1-4H3. The molecule has 8 heteroatoms. The molecule has 0 aliphatic carbocycles. The summed E-state index contributed by atoms with van der Waals surface area (Å²) in [4.78, 5) is 11.4. The highest BCUT2D eigenvalue weighted by molar-refractivity contribution is 7.89. The first-order valence-electron chi connectivity index (χ1n) is 9.06. The van der Waals surface area contributed by atoms with Crippen LogP contribution >= 0.6 is 0 Å². The van der Waals surface area contributed by atoms with Crippen molar-refractivity contribution in [3.63, 3.8) is 0 Å². The first kappa shape index (κ1) is 19.7. The number of anilines is 1. The Labute approximate surface area is 160 Å². The van der Waals surface area contributed by atoms with Crippen LogP contribution in [0.1, 0.15) is 36.8 Å². The van der Waals surface area contributed by atoms with E-state index >= 15 is 0 Å². The molecular formula is C19H25FN4O2S. The summed E-state index contributed by atoms with van der Waals surface area (Å²) in [6.07, 6.45) is 0. The third-order valence-corrected chi connectivity index (χ3v) is 6.71. The van der Waals surface area contributed by atoms with E-state index in [0.717, 1.165) is 17.1 Å².